The molecule has 1 unspecified atom stereocenters. The topological polar surface area (TPSA) is 63.5 Å². The van der Waals surface area contributed by atoms with Crippen molar-refractivity contribution in [3.05, 3.63) is 38.9 Å². The average Bonchev–Trinajstić information content (AvgIpc) is 2.26. The van der Waals surface area contributed by atoms with Crippen molar-refractivity contribution in [2.45, 2.75) is 11.8 Å². The molecule has 1 aromatic rings. The van der Waals surface area contributed by atoms with Crippen molar-refractivity contribution in [2.75, 3.05) is 13.6 Å². The van der Waals surface area contributed by atoms with Gasteiger partial charge in [0.2, 0.25) is 0 Å². The van der Waals surface area contributed by atoms with E-state index in [-0.39, 0.29) is 21.1 Å². The molecule has 0 spiro atoms. The fraction of sp³-hybridized carbons (Fsp3) is 0.364. The Morgan fingerprint density at radius 1 is 1.61 bits per heavy atom. The van der Waals surface area contributed by atoms with Gasteiger partial charge >= 0.3 is 0 Å². The smallest absolute Gasteiger partial charge is 0.283 e. The monoisotopic (exact) mass is 334 g/mol. The van der Waals surface area contributed by atoms with E-state index in [9.17, 15) is 14.9 Å². The molecule has 0 heterocycles. The Labute approximate surface area is 118 Å². The summed E-state index contributed by atoms with van der Waals surface area (Å²) in [5.41, 5.74) is -0.346. The van der Waals surface area contributed by atoms with Crippen molar-refractivity contribution in [3.63, 3.8) is 0 Å². The van der Waals surface area contributed by atoms with Gasteiger partial charge in [0.15, 0.2) is 0 Å². The molecule has 5 nitrogen and oxygen atoms in total. The van der Waals surface area contributed by atoms with Crippen molar-refractivity contribution in [1.29, 1.82) is 0 Å². The van der Waals surface area contributed by atoms with E-state index >= 15 is 0 Å². The van der Waals surface area contributed by atoms with Crippen LogP contribution in [0.15, 0.2) is 18.2 Å². The van der Waals surface area contributed by atoms with Crippen LogP contribution in [0, 0.1) is 10.1 Å². The van der Waals surface area contributed by atoms with Crippen molar-refractivity contribution in [3.8, 4) is 0 Å². The summed E-state index contributed by atoms with van der Waals surface area (Å²) in [5.74, 6) is -0.460. The number of nitrogens with zero attached hydrogens (tertiary/aromatic N) is 2. The third-order valence-electron chi connectivity index (χ3n) is 2.27. The normalized spacial score (nSPS) is 12.0. The molecular formula is C11H12BrClN2O3. The largest absolute Gasteiger partial charge is 0.340 e. The molecule has 0 saturated heterocycles. The summed E-state index contributed by atoms with van der Waals surface area (Å²) in [4.78, 5) is 23.9. The van der Waals surface area contributed by atoms with E-state index in [4.69, 9.17) is 11.6 Å². The quantitative estimate of drug-likeness (QED) is 0.482. The van der Waals surface area contributed by atoms with Gasteiger partial charge in [-0.05, 0) is 6.07 Å². The van der Waals surface area contributed by atoms with Crippen molar-refractivity contribution >= 4 is 39.1 Å². The van der Waals surface area contributed by atoms with Gasteiger partial charge in [0.1, 0.15) is 5.56 Å². The molecule has 0 aliphatic carbocycles. The van der Waals surface area contributed by atoms with Gasteiger partial charge in [0.05, 0.1) is 9.95 Å². The van der Waals surface area contributed by atoms with E-state index in [0.29, 0.717) is 6.54 Å². The van der Waals surface area contributed by atoms with E-state index in [1.165, 1.54) is 23.1 Å². The van der Waals surface area contributed by atoms with Crippen LogP contribution in [0.2, 0.25) is 5.02 Å². The molecule has 1 amide bonds. The summed E-state index contributed by atoms with van der Waals surface area (Å²) < 4.78 is 0. The zero-order valence-electron chi connectivity index (χ0n) is 9.89. The molecule has 1 aromatic carbocycles. The lowest BCUT2D eigenvalue weighted by molar-refractivity contribution is -0.385. The Balaban J connectivity index is 3.16. The molecule has 98 valence electrons. The standard InChI is InChI=1S/C11H12BrClN2O3/c1-7(12)6-14(2)11(16)10-8(13)4-3-5-9(10)15(17)18/h3-5,7H,6H2,1-2H3. The predicted molar refractivity (Wildman–Crippen MR) is 73.5 cm³/mol. The molecule has 0 N–H and O–H groups in total. The van der Waals surface area contributed by atoms with Gasteiger partial charge in [-0.1, -0.05) is 40.5 Å². The van der Waals surface area contributed by atoms with Crippen LogP contribution >= 0.6 is 27.5 Å². The molecular weight excluding hydrogens is 323 g/mol. The molecule has 1 atom stereocenters. The van der Waals surface area contributed by atoms with Gasteiger partial charge in [-0.3, -0.25) is 14.9 Å². The maximum Gasteiger partial charge on any atom is 0.283 e. The lowest BCUT2D eigenvalue weighted by Gasteiger charge is -2.19. The second-order valence-corrected chi connectivity index (χ2v) is 5.83. The Morgan fingerprint density at radius 3 is 2.72 bits per heavy atom. The van der Waals surface area contributed by atoms with Crippen LogP contribution in [0.1, 0.15) is 17.3 Å². The summed E-state index contributed by atoms with van der Waals surface area (Å²) in [6.07, 6.45) is 0. The molecule has 1 rings (SSSR count). The lowest BCUT2D eigenvalue weighted by atomic mass is 10.1. The van der Waals surface area contributed by atoms with Crippen LogP contribution in [0.4, 0.5) is 5.69 Å². The van der Waals surface area contributed by atoms with Gasteiger partial charge in [-0.25, -0.2) is 0 Å². The van der Waals surface area contributed by atoms with Crippen LogP contribution < -0.4 is 0 Å². The third-order valence-corrected chi connectivity index (χ3v) is 2.88. The van der Waals surface area contributed by atoms with E-state index in [1.54, 1.807) is 7.05 Å². The van der Waals surface area contributed by atoms with Crippen molar-refractivity contribution in [2.24, 2.45) is 0 Å². The fourth-order valence-corrected chi connectivity index (χ4v) is 2.21. The van der Waals surface area contributed by atoms with Crippen LogP contribution in [0.3, 0.4) is 0 Å². The summed E-state index contributed by atoms with van der Waals surface area (Å²) >= 11 is 9.21. The maximum atomic E-state index is 12.1. The van der Waals surface area contributed by atoms with E-state index in [1.807, 2.05) is 6.92 Å². The lowest BCUT2D eigenvalue weighted by Crippen LogP contribution is -2.31. The average molecular weight is 336 g/mol. The first kappa shape index (κ1) is 14.9. The molecule has 0 fully saturated rings. The molecule has 18 heavy (non-hydrogen) atoms. The Morgan fingerprint density at radius 2 is 2.22 bits per heavy atom. The molecule has 0 aliphatic heterocycles. The Kier molecular flexibility index (Phi) is 5.10. The maximum absolute atomic E-state index is 12.1. The summed E-state index contributed by atoms with van der Waals surface area (Å²) in [7, 11) is 1.58. The number of hydrogen-bond donors (Lipinski definition) is 0. The van der Waals surface area contributed by atoms with Gasteiger partial charge in [0.25, 0.3) is 11.6 Å². The molecule has 0 aliphatic rings. The second kappa shape index (κ2) is 6.15. The molecule has 0 saturated carbocycles. The van der Waals surface area contributed by atoms with Crippen molar-refractivity contribution < 1.29 is 9.72 Å². The number of carbonyl (C=O) groups excluding carboxylic acids is 1. The highest BCUT2D eigenvalue weighted by Gasteiger charge is 2.26. The highest BCUT2D eigenvalue weighted by Crippen LogP contribution is 2.27. The third kappa shape index (κ3) is 3.43. The second-order valence-electron chi connectivity index (χ2n) is 3.86. The molecule has 0 bridgehead atoms. The predicted octanol–water partition coefficient (Wildman–Crippen LogP) is 3.10. The molecule has 0 aromatic heterocycles. The molecule has 7 heteroatoms. The number of halogens is 2. The number of amides is 1. The summed E-state index contributed by atoms with van der Waals surface area (Å²) in [6, 6.07) is 4.18. The van der Waals surface area contributed by atoms with Crippen LogP contribution in [-0.2, 0) is 0 Å². The number of alkyl halides is 1. The summed E-state index contributed by atoms with van der Waals surface area (Å²) in [5, 5.41) is 11.0. The van der Waals surface area contributed by atoms with Gasteiger partial charge < -0.3 is 4.90 Å². The first-order chi connectivity index (χ1) is 8.34. The minimum atomic E-state index is -0.607. The first-order valence-electron chi connectivity index (χ1n) is 5.17. The number of nitro benzene ring substituents is 1. The Bertz CT molecular complexity index is 479. The molecule has 0 radical (unpaired) electrons. The Hall–Kier alpha value is -1.14. The highest BCUT2D eigenvalue weighted by molar-refractivity contribution is 9.09. The number of nitro groups is 1. The zero-order valence-corrected chi connectivity index (χ0v) is 12.2. The first-order valence-corrected chi connectivity index (χ1v) is 6.46. The number of rotatable bonds is 4. The number of benzene rings is 1. The van der Waals surface area contributed by atoms with Crippen LogP contribution in [-0.4, -0.2) is 34.2 Å². The van der Waals surface area contributed by atoms with E-state index < -0.39 is 10.8 Å². The SMILES string of the molecule is CC(Br)CN(C)C(=O)c1c(Cl)cccc1[N+](=O)[O-]. The summed E-state index contributed by atoms with van der Waals surface area (Å²) in [6.45, 7) is 2.31. The van der Waals surface area contributed by atoms with Gasteiger partial charge in [-0.2, -0.15) is 0 Å². The van der Waals surface area contributed by atoms with E-state index in [0.717, 1.165) is 0 Å². The van der Waals surface area contributed by atoms with Crippen molar-refractivity contribution in [1.82, 2.24) is 4.90 Å². The minimum Gasteiger partial charge on any atom is -0.340 e. The van der Waals surface area contributed by atoms with E-state index in [2.05, 4.69) is 15.9 Å². The number of carbonyl (C=O) groups is 1. The van der Waals surface area contributed by atoms with Crippen LogP contribution in [0.5, 0.6) is 0 Å². The highest BCUT2D eigenvalue weighted by atomic mass is 79.9. The minimum absolute atomic E-state index is 0.0696. The zero-order chi connectivity index (χ0) is 13.9. The van der Waals surface area contributed by atoms with Gasteiger partial charge in [0, 0.05) is 24.5 Å². The number of hydrogen-bond acceptors (Lipinski definition) is 3. The van der Waals surface area contributed by atoms with Crippen LogP contribution in [0.25, 0.3) is 0 Å². The van der Waals surface area contributed by atoms with Gasteiger partial charge in [-0.15, -0.1) is 0 Å². The fourth-order valence-electron chi connectivity index (χ4n) is 1.53.